The lowest BCUT2D eigenvalue weighted by atomic mass is 10.1. The van der Waals surface area contributed by atoms with Crippen LogP contribution in [0.5, 0.6) is 0 Å². The van der Waals surface area contributed by atoms with Crippen molar-refractivity contribution in [3.63, 3.8) is 0 Å². The third kappa shape index (κ3) is 3.61. The molecule has 2 aromatic rings. The maximum absolute atomic E-state index is 12.0. The van der Waals surface area contributed by atoms with Crippen LogP contribution in [0.2, 0.25) is 0 Å². The molecule has 0 saturated heterocycles. The van der Waals surface area contributed by atoms with Crippen LogP contribution >= 0.6 is 0 Å². The third-order valence-corrected chi connectivity index (χ3v) is 2.77. The van der Waals surface area contributed by atoms with E-state index in [2.05, 4.69) is 15.3 Å². The standard InChI is InChI=1S/C15H17N3O/c1-10-4-6-13(7-5-10)9-16-15(19)14-8-11(2)17-12(3)18-14/h4-8H,9H2,1-3H3,(H,16,19). The number of nitrogens with zero attached hydrogens (tertiary/aromatic N) is 2. The van der Waals surface area contributed by atoms with Gasteiger partial charge in [-0.25, -0.2) is 9.97 Å². The zero-order valence-electron chi connectivity index (χ0n) is 11.4. The van der Waals surface area contributed by atoms with E-state index in [1.165, 1.54) is 5.56 Å². The summed E-state index contributed by atoms with van der Waals surface area (Å²) in [5.41, 5.74) is 3.49. The second-order valence-electron chi connectivity index (χ2n) is 4.61. The zero-order chi connectivity index (χ0) is 13.8. The quantitative estimate of drug-likeness (QED) is 0.915. The molecule has 0 aliphatic rings. The first-order chi connectivity index (χ1) is 9.04. The van der Waals surface area contributed by atoms with Gasteiger partial charge in [-0.05, 0) is 32.4 Å². The minimum absolute atomic E-state index is 0.172. The number of amides is 1. The minimum Gasteiger partial charge on any atom is -0.347 e. The molecule has 0 radical (unpaired) electrons. The molecule has 0 aliphatic carbocycles. The maximum Gasteiger partial charge on any atom is 0.270 e. The van der Waals surface area contributed by atoms with E-state index >= 15 is 0 Å². The molecule has 1 aromatic carbocycles. The Morgan fingerprint density at radius 3 is 2.42 bits per heavy atom. The SMILES string of the molecule is Cc1ccc(CNC(=O)c2cc(C)nc(C)n2)cc1. The Labute approximate surface area is 112 Å². The largest absolute Gasteiger partial charge is 0.347 e. The Morgan fingerprint density at radius 2 is 1.79 bits per heavy atom. The lowest BCUT2D eigenvalue weighted by molar-refractivity contribution is 0.0945. The van der Waals surface area contributed by atoms with Crippen molar-refractivity contribution in [1.82, 2.24) is 15.3 Å². The summed E-state index contributed by atoms with van der Waals surface area (Å²) in [5.74, 6) is 0.440. The third-order valence-electron chi connectivity index (χ3n) is 2.77. The van der Waals surface area contributed by atoms with Crippen LogP contribution in [0.3, 0.4) is 0 Å². The predicted octanol–water partition coefficient (Wildman–Crippen LogP) is 2.33. The van der Waals surface area contributed by atoms with Gasteiger partial charge in [-0.15, -0.1) is 0 Å². The molecule has 0 unspecified atom stereocenters. The molecule has 98 valence electrons. The molecule has 0 spiro atoms. The molecule has 0 fully saturated rings. The molecule has 1 amide bonds. The number of benzene rings is 1. The van der Waals surface area contributed by atoms with Crippen molar-refractivity contribution in [2.75, 3.05) is 0 Å². The maximum atomic E-state index is 12.0. The predicted molar refractivity (Wildman–Crippen MR) is 73.9 cm³/mol. The summed E-state index contributed by atoms with van der Waals surface area (Å²) in [4.78, 5) is 20.3. The number of carbonyl (C=O) groups is 1. The van der Waals surface area contributed by atoms with E-state index in [0.29, 0.717) is 18.1 Å². The van der Waals surface area contributed by atoms with Crippen LogP contribution in [-0.4, -0.2) is 15.9 Å². The summed E-state index contributed by atoms with van der Waals surface area (Å²) in [6.07, 6.45) is 0. The molecule has 0 bridgehead atoms. The molecular formula is C15H17N3O. The van der Waals surface area contributed by atoms with E-state index in [9.17, 15) is 4.79 Å². The van der Waals surface area contributed by atoms with Gasteiger partial charge in [-0.1, -0.05) is 29.8 Å². The normalized spacial score (nSPS) is 10.3. The molecule has 0 aliphatic heterocycles. The number of aryl methyl sites for hydroxylation is 3. The zero-order valence-corrected chi connectivity index (χ0v) is 11.4. The van der Waals surface area contributed by atoms with Crippen LogP contribution in [0, 0.1) is 20.8 Å². The molecular weight excluding hydrogens is 238 g/mol. The Kier molecular flexibility index (Phi) is 3.90. The van der Waals surface area contributed by atoms with E-state index in [4.69, 9.17) is 0 Å². The summed E-state index contributed by atoms with van der Waals surface area (Å²) < 4.78 is 0. The molecule has 1 N–H and O–H groups in total. The molecule has 0 saturated carbocycles. The molecule has 1 heterocycles. The first kappa shape index (κ1) is 13.2. The van der Waals surface area contributed by atoms with Crippen LogP contribution < -0.4 is 5.32 Å². The van der Waals surface area contributed by atoms with Gasteiger partial charge in [0.1, 0.15) is 11.5 Å². The second-order valence-corrected chi connectivity index (χ2v) is 4.61. The Balaban J connectivity index is 2.03. The molecule has 0 atom stereocenters. The fourth-order valence-electron chi connectivity index (χ4n) is 1.81. The molecule has 2 rings (SSSR count). The summed E-state index contributed by atoms with van der Waals surface area (Å²) in [7, 11) is 0. The van der Waals surface area contributed by atoms with Gasteiger partial charge in [0.15, 0.2) is 0 Å². The Bertz CT molecular complexity index is 571. The van der Waals surface area contributed by atoms with E-state index in [1.807, 2.05) is 38.1 Å². The lowest BCUT2D eigenvalue weighted by Gasteiger charge is -2.06. The number of rotatable bonds is 3. The monoisotopic (exact) mass is 255 g/mol. The first-order valence-corrected chi connectivity index (χ1v) is 6.20. The first-order valence-electron chi connectivity index (χ1n) is 6.20. The van der Waals surface area contributed by atoms with Gasteiger partial charge in [0.25, 0.3) is 5.91 Å². The van der Waals surface area contributed by atoms with Crippen molar-refractivity contribution in [3.05, 3.63) is 58.7 Å². The molecule has 4 heteroatoms. The average molecular weight is 255 g/mol. The van der Waals surface area contributed by atoms with Crippen molar-refractivity contribution >= 4 is 5.91 Å². The number of aromatic nitrogens is 2. The highest BCUT2D eigenvalue weighted by Crippen LogP contribution is 2.04. The average Bonchev–Trinajstić information content (AvgIpc) is 2.36. The summed E-state index contributed by atoms with van der Waals surface area (Å²) in [6, 6.07) is 9.76. The van der Waals surface area contributed by atoms with Gasteiger partial charge in [0.2, 0.25) is 0 Å². The van der Waals surface area contributed by atoms with Crippen LogP contribution in [0.15, 0.2) is 30.3 Å². The summed E-state index contributed by atoms with van der Waals surface area (Å²) >= 11 is 0. The lowest BCUT2D eigenvalue weighted by Crippen LogP contribution is -2.24. The van der Waals surface area contributed by atoms with Crippen LogP contribution in [0.4, 0.5) is 0 Å². The number of hydrogen-bond acceptors (Lipinski definition) is 3. The number of hydrogen-bond donors (Lipinski definition) is 1. The van der Waals surface area contributed by atoms with Crippen molar-refractivity contribution < 1.29 is 4.79 Å². The summed E-state index contributed by atoms with van der Waals surface area (Å²) in [5, 5.41) is 2.86. The summed E-state index contributed by atoms with van der Waals surface area (Å²) in [6.45, 7) is 6.17. The van der Waals surface area contributed by atoms with Gasteiger partial charge >= 0.3 is 0 Å². The molecule has 4 nitrogen and oxygen atoms in total. The van der Waals surface area contributed by atoms with Crippen LogP contribution in [0.25, 0.3) is 0 Å². The topological polar surface area (TPSA) is 54.9 Å². The van der Waals surface area contributed by atoms with E-state index in [1.54, 1.807) is 13.0 Å². The number of nitrogens with one attached hydrogen (secondary N) is 1. The Hall–Kier alpha value is -2.23. The van der Waals surface area contributed by atoms with Crippen LogP contribution in [-0.2, 0) is 6.54 Å². The minimum atomic E-state index is -0.172. The van der Waals surface area contributed by atoms with Crippen molar-refractivity contribution in [3.8, 4) is 0 Å². The smallest absolute Gasteiger partial charge is 0.270 e. The fourth-order valence-corrected chi connectivity index (χ4v) is 1.81. The van der Waals surface area contributed by atoms with Crippen molar-refractivity contribution in [2.45, 2.75) is 27.3 Å². The van der Waals surface area contributed by atoms with Crippen LogP contribution in [0.1, 0.15) is 33.1 Å². The molecule has 1 aromatic heterocycles. The molecule has 19 heavy (non-hydrogen) atoms. The van der Waals surface area contributed by atoms with Gasteiger partial charge in [0.05, 0.1) is 0 Å². The van der Waals surface area contributed by atoms with Gasteiger partial charge in [-0.3, -0.25) is 4.79 Å². The second kappa shape index (κ2) is 5.61. The van der Waals surface area contributed by atoms with Crippen molar-refractivity contribution in [2.24, 2.45) is 0 Å². The van der Waals surface area contributed by atoms with Gasteiger partial charge in [0, 0.05) is 12.2 Å². The van der Waals surface area contributed by atoms with Gasteiger partial charge < -0.3 is 5.32 Å². The van der Waals surface area contributed by atoms with E-state index < -0.39 is 0 Å². The van der Waals surface area contributed by atoms with Gasteiger partial charge in [-0.2, -0.15) is 0 Å². The Morgan fingerprint density at radius 1 is 1.11 bits per heavy atom. The highest BCUT2D eigenvalue weighted by molar-refractivity contribution is 5.92. The highest BCUT2D eigenvalue weighted by Gasteiger charge is 2.08. The van der Waals surface area contributed by atoms with E-state index in [0.717, 1.165) is 11.3 Å². The number of carbonyl (C=O) groups excluding carboxylic acids is 1. The van der Waals surface area contributed by atoms with E-state index in [-0.39, 0.29) is 5.91 Å². The fraction of sp³-hybridized carbons (Fsp3) is 0.267. The van der Waals surface area contributed by atoms with Crippen molar-refractivity contribution in [1.29, 1.82) is 0 Å². The highest BCUT2D eigenvalue weighted by atomic mass is 16.1.